The number of benzene rings is 1. The van der Waals surface area contributed by atoms with E-state index in [0.29, 0.717) is 21.3 Å². The van der Waals surface area contributed by atoms with Crippen molar-refractivity contribution in [2.24, 2.45) is 17.3 Å². The lowest BCUT2D eigenvalue weighted by atomic mass is 9.55. The molecular weight excluding hydrogens is 424 g/mol. The second-order valence-electron chi connectivity index (χ2n) is 13.7. The van der Waals surface area contributed by atoms with Gasteiger partial charge in [0.2, 0.25) is 18.1 Å². The summed E-state index contributed by atoms with van der Waals surface area (Å²) in [6, 6.07) is 7.10. The van der Waals surface area contributed by atoms with Crippen LogP contribution in [0, 0.1) is 17.3 Å². The summed E-state index contributed by atoms with van der Waals surface area (Å²) in [6.07, 6.45) is 8.29. The molecule has 0 heterocycles. The highest BCUT2D eigenvalue weighted by Gasteiger charge is 2.55. The van der Waals surface area contributed by atoms with Gasteiger partial charge in [-0.1, -0.05) is 54.5 Å². The Balaban J connectivity index is 1.50. The number of rotatable bonds is 4. The van der Waals surface area contributed by atoms with Gasteiger partial charge in [0.15, 0.2) is 0 Å². The van der Waals surface area contributed by atoms with Gasteiger partial charge in [-0.3, -0.25) is 0 Å². The highest BCUT2D eigenvalue weighted by atomic mass is 28.4. The number of hydrogen-bond acceptors (Lipinski definition) is 2. The molecule has 1 aromatic carbocycles. The summed E-state index contributed by atoms with van der Waals surface area (Å²) in [5, 5.41) is 0.510. The molecule has 2 nitrogen and oxygen atoms in total. The van der Waals surface area contributed by atoms with Crippen LogP contribution in [0.25, 0.3) is 0 Å². The minimum atomic E-state index is -1.80. The van der Waals surface area contributed by atoms with Crippen LogP contribution in [-0.4, -0.2) is 24.2 Å². The van der Waals surface area contributed by atoms with E-state index >= 15 is 0 Å². The minimum absolute atomic E-state index is 0.233. The van der Waals surface area contributed by atoms with Crippen LogP contribution in [0.2, 0.25) is 23.2 Å². The first-order valence-corrected chi connectivity index (χ1v) is 16.8. The Morgan fingerprint density at radius 3 is 2.38 bits per heavy atom. The van der Waals surface area contributed by atoms with Gasteiger partial charge < -0.3 is 8.85 Å². The Labute approximate surface area is 201 Å². The molecule has 4 rings (SSSR count). The molecule has 2 fully saturated rings. The molecule has 3 aliphatic rings. The Kier molecular flexibility index (Phi) is 6.34. The number of fused-ring (bicyclic) bond motifs is 5. The maximum Gasteiger partial charge on any atom is 0.250 e. The zero-order valence-corrected chi connectivity index (χ0v) is 24.1. The average Bonchev–Trinajstić information content (AvgIpc) is 3.00. The summed E-state index contributed by atoms with van der Waals surface area (Å²) >= 11 is 0. The molecule has 32 heavy (non-hydrogen) atoms. The van der Waals surface area contributed by atoms with Gasteiger partial charge in [-0.2, -0.15) is 0 Å². The van der Waals surface area contributed by atoms with Crippen molar-refractivity contribution in [2.45, 2.75) is 122 Å². The van der Waals surface area contributed by atoms with E-state index in [9.17, 15) is 0 Å². The molecule has 0 amide bonds. The van der Waals surface area contributed by atoms with Crippen molar-refractivity contribution in [3.63, 3.8) is 0 Å². The number of hydrogen-bond donors (Lipinski definition) is 0. The van der Waals surface area contributed by atoms with Crippen LogP contribution in [0.4, 0.5) is 0 Å². The summed E-state index contributed by atoms with van der Waals surface area (Å²) < 4.78 is 13.2. The maximum atomic E-state index is 6.65. The molecule has 0 bridgehead atoms. The SMILES string of the molecule is CC(C)(C)[Si]O[C@H]1CCC2C3CCc4cc(O[Si](C)(C)C(C)(C)C)ccc4C3CC[C@@]21C. The molecule has 2 saturated carbocycles. The van der Waals surface area contributed by atoms with E-state index in [-0.39, 0.29) is 10.1 Å². The summed E-state index contributed by atoms with van der Waals surface area (Å²) in [5.41, 5.74) is 3.57. The van der Waals surface area contributed by atoms with Crippen LogP contribution in [0.5, 0.6) is 5.75 Å². The third kappa shape index (κ3) is 4.53. The topological polar surface area (TPSA) is 18.5 Å². The molecule has 2 radical (unpaired) electrons. The molecule has 0 aliphatic heterocycles. The minimum Gasteiger partial charge on any atom is -0.543 e. The van der Waals surface area contributed by atoms with Crippen LogP contribution in [0.15, 0.2) is 18.2 Å². The van der Waals surface area contributed by atoms with Crippen molar-refractivity contribution in [1.29, 1.82) is 0 Å². The first-order valence-electron chi connectivity index (χ1n) is 13.0. The molecule has 178 valence electrons. The van der Waals surface area contributed by atoms with E-state index in [1.807, 2.05) is 0 Å². The molecule has 0 aromatic heterocycles. The predicted octanol–water partition coefficient (Wildman–Crippen LogP) is 8.15. The smallest absolute Gasteiger partial charge is 0.250 e. The third-order valence-corrected chi connectivity index (χ3v) is 14.7. The lowest BCUT2D eigenvalue weighted by molar-refractivity contribution is -0.0110. The average molecular weight is 471 g/mol. The molecule has 5 atom stereocenters. The fraction of sp³-hybridized carbons (Fsp3) is 0.786. The van der Waals surface area contributed by atoms with Gasteiger partial charge in [0.25, 0.3) is 0 Å². The van der Waals surface area contributed by atoms with E-state index in [0.717, 1.165) is 23.5 Å². The van der Waals surface area contributed by atoms with Crippen LogP contribution in [-0.2, 0) is 10.8 Å². The molecule has 0 saturated heterocycles. The Hall–Kier alpha value is -0.586. The van der Waals surface area contributed by atoms with Crippen LogP contribution < -0.4 is 4.43 Å². The van der Waals surface area contributed by atoms with Crippen LogP contribution in [0.3, 0.4) is 0 Å². The quantitative estimate of drug-likeness (QED) is 0.413. The second-order valence-corrected chi connectivity index (χ2v) is 20.4. The van der Waals surface area contributed by atoms with Crippen molar-refractivity contribution in [1.82, 2.24) is 0 Å². The largest absolute Gasteiger partial charge is 0.543 e. The normalized spacial score (nSPS) is 32.8. The Morgan fingerprint density at radius 2 is 1.72 bits per heavy atom. The van der Waals surface area contributed by atoms with Crippen molar-refractivity contribution in [3.8, 4) is 5.75 Å². The highest BCUT2D eigenvalue weighted by molar-refractivity contribution is 6.74. The first kappa shape index (κ1) is 24.5. The van der Waals surface area contributed by atoms with E-state index in [2.05, 4.69) is 79.8 Å². The van der Waals surface area contributed by atoms with Crippen LogP contribution in [0.1, 0.15) is 97.6 Å². The summed E-state index contributed by atoms with van der Waals surface area (Å²) in [5.74, 6) is 3.50. The van der Waals surface area contributed by atoms with Crippen LogP contribution >= 0.6 is 0 Å². The number of aryl methyl sites for hydroxylation is 1. The standard InChI is InChI=1S/C28H46O2Si2/c1-26(2,3)31-29-25-15-14-24-23-12-10-19-18-20(30-32(8,9)27(4,5)6)11-13-21(19)22(23)16-17-28(24,25)7/h11,13,18,22-25H,10,12,14-17H2,1-9H3/t22?,23?,24?,25-,28-/m0/s1. The summed E-state index contributed by atoms with van der Waals surface area (Å²) in [4.78, 5) is 0. The van der Waals surface area contributed by atoms with Gasteiger partial charge in [-0.25, -0.2) is 0 Å². The third-order valence-electron chi connectivity index (χ3n) is 9.30. The molecule has 3 unspecified atom stereocenters. The van der Waals surface area contributed by atoms with Gasteiger partial charge >= 0.3 is 0 Å². The van der Waals surface area contributed by atoms with Gasteiger partial charge in [0.05, 0.1) is 6.10 Å². The maximum absolute atomic E-state index is 6.65. The highest BCUT2D eigenvalue weighted by Crippen LogP contribution is 2.61. The molecule has 0 spiro atoms. The molecule has 3 aliphatic carbocycles. The van der Waals surface area contributed by atoms with Gasteiger partial charge in [-0.05, 0) is 108 Å². The zero-order valence-electron chi connectivity index (χ0n) is 22.1. The van der Waals surface area contributed by atoms with Crippen molar-refractivity contribution in [2.75, 3.05) is 0 Å². The van der Waals surface area contributed by atoms with Gasteiger partial charge in [-0.15, -0.1) is 0 Å². The van der Waals surface area contributed by atoms with E-state index < -0.39 is 8.32 Å². The lowest BCUT2D eigenvalue weighted by Gasteiger charge is -2.51. The fourth-order valence-corrected chi connectivity index (χ4v) is 8.37. The second kappa shape index (κ2) is 8.27. The fourth-order valence-electron chi connectivity index (χ4n) is 6.46. The van der Waals surface area contributed by atoms with Gasteiger partial charge in [0, 0.05) is 0 Å². The first-order chi connectivity index (χ1) is 14.7. The zero-order chi connectivity index (χ0) is 23.5. The van der Waals surface area contributed by atoms with E-state index in [4.69, 9.17) is 8.85 Å². The van der Waals surface area contributed by atoms with Crippen molar-refractivity contribution < 1.29 is 8.85 Å². The molecule has 1 aromatic rings. The van der Waals surface area contributed by atoms with Crippen molar-refractivity contribution >= 4 is 18.1 Å². The summed E-state index contributed by atoms with van der Waals surface area (Å²) in [6.45, 7) is 21.1. The van der Waals surface area contributed by atoms with Gasteiger partial charge in [0.1, 0.15) is 5.75 Å². The molecule has 4 heteroatoms. The predicted molar refractivity (Wildman–Crippen MR) is 139 cm³/mol. The van der Waals surface area contributed by atoms with Crippen molar-refractivity contribution in [3.05, 3.63) is 29.3 Å². The monoisotopic (exact) mass is 470 g/mol. The summed E-state index contributed by atoms with van der Waals surface area (Å²) in [7, 11) is -1.19. The molecular formula is C28H46O2Si2. The van der Waals surface area contributed by atoms with E-state index in [1.54, 1.807) is 11.1 Å². The van der Waals surface area contributed by atoms with E-state index in [1.165, 1.54) is 38.5 Å². The Morgan fingerprint density at radius 1 is 1.00 bits per heavy atom. The lowest BCUT2D eigenvalue weighted by Crippen LogP contribution is -2.45. The Bertz CT molecular complexity index is 835. The molecule has 0 N–H and O–H groups in total.